The van der Waals surface area contributed by atoms with Crippen molar-refractivity contribution >= 4 is 22.6 Å². The molecule has 3 heterocycles. The van der Waals surface area contributed by atoms with Gasteiger partial charge in [-0.25, -0.2) is 9.97 Å². The predicted octanol–water partition coefficient (Wildman–Crippen LogP) is 2.52. The molecule has 28 heavy (non-hydrogen) atoms. The minimum atomic E-state index is -0.308. The molecule has 0 spiro atoms. The molecule has 1 aromatic carbocycles. The van der Waals surface area contributed by atoms with Gasteiger partial charge in [0.1, 0.15) is 5.69 Å². The van der Waals surface area contributed by atoms with E-state index in [1.165, 1.54) is 0 Å². The average molecular weight is 373 g/mol. The smallest absolute Gasteiger partial charge is 0.272 e. The number of pyridine rings is 1. The van der Waals surface area contributed by atoms with Crippen molar-refractivity contribution in [2.75, 3.05) is 0 Å². The molecular weight excluding hydrogens is 354 g/mol. The fourth-order valence-corrected chi connectivity index (χ4v) is 3.79. The summed E-state index contributed by atoms with van der Waals surface area (Å²) in [5.74, 6) is 0.387. The third-order valence-electron chi connectivity index (χ3n) is 5.35. The third-order valence-corrected chi connectivity index (χ3v) is 5.35. The molecule has 2 N–H and O–H groups in total. The first-order valence-corrected chi connectivity index (χ1v) is 9.31. The molecule has 0 saturated heterocycles. The van der Waals surface area contributed by atoms with Crippen LogP contribution in [0.2, 0.25) is 0 Å². The number of amides is 1. The molecule has 0 aliphatic heterocycles. The lowest BCUT2D eigenvalue weighted by molar-refractivity contribution is 0.0234. The standard InChI is InChI=1S/C21H19N5O2/c27-16-9-14(10-16)19(15-8-13-4-1-2-5-17(13)23-11-15)25-20(28)18-12-26-7-3-6-22-21(26)24-18/h1-8,11-12,14,16,19,27H,9-10H2,(H,25,28)/t14?,16?,19-/m0/s1. The number of aliphatic hydroxyl groups excluding tert-OH is 1. The van der Waals surface area contributed by atoms with Gasteiger partial charge in [-0.05, 0) is 42.5 Å². The van der Waals surface area contributed by atoms with Crippen LogP contribution in [-0.4, -0.2) is 36.5 Å². The van der Waals surface area contributed by atoms with Crippen molar-refractivity contribution in [2.24, 2.45) is 5.92 Å². The van der Waals surface area contributed by atoms with Crippen LogP contribution < -0.4 is 5.32 Å². The highest BCUT2D eigenvalue weighted by Gasteiger charge is 2.36. The summed E-state index contributed by atoms with van der Waals surface area (Å²) in [4.78, 5) is 25.9. The number of aliphatic hydroxyl groups is 1. The molecule has 0 unspecified atom stereocenters. The van der Waals surface area contributed by atoms with Gasteiger partial charge in [0.05, 0.1) is 17.7 Å². The van der Waals surface area contributed by atoms with Crippen molar-refractivity contribution in [1.82, 2.24) is 24.7 Å². The first-order chi connectivity index (χ1) is 13.7. The van der Waals surface area contributed by atoms with E-state index in [0.717, 1.165) is 16.5 Å². The molecule has 3 aromatic heterocycles. The summed E-state index contributed by atoms with van der Waals surface area (Å²) >= 11 is 0. The van der Waals surface area contributed by atoms with Gasteiger partial charge in [-0.1, -0.05) is 18.2 Å². The molecule has 1 aliphatic carbocycles. The lowest BCUT2D eigenvalue weighted by Crippen LogP contribution is -2.41. The van der Waals surface area contributed by atoms with Crippen LogP contribution in [0, 0.1) is 5.92 Å². The Kier molecular flexibility index (Phi) is 4.02. The second kappa shape index (κ2) is 6.69. The van der Waals surface area contributed by atoms with Gasteiger partial charge in [-0.3, -0.25) is 14.2 Å². The largest absolute Gasteiger partial charge is 0.393 e. The van der Waals surface area contributed by atoms with E-state index in [4.69, 9.17) is 0 Å². The van der Waals surface area contributed by atoms with Crippen molar-refractivity contribution in [1.29, 1.82) is 0 Å². The number of benzene rings is 1. The summed E-state index contributed by atoms with van der Waals surface area (Å²) in [5, 5.41) is 13.9. The molecule has 1 amide bonds. The monoisotopic (exact) mass is 373 g/mol. The molecule has 0 radical (unpaired) electrons. The number of aromatic nitrogens is 4. The van der Waals surface area contributed by atoms with Crippen molar-refractivity contribution in [3.05, 3.63) is 72.4 Å². The normalized spacial score (nSPS) is 20.0. The Morgan fingerprint density at radius 3 is 2.89 bits per heavy atom. The lowest BCUT2D eigenvalue weighted by atomic mass is 9.75. The van der Waals surface area contributed by atoms with Gasteiger partial charge in [0.25, 0.3) is 5.91 Å². The third kappa shape index (κ3) is 2.99. The summed E-state index contributed by atoms with van der Waals surface area (Å²) in [7, 11) is 0. The predicted molar refractivity (Wildman–Crippen MR) is 104 cm³/mol. The zero-order valence-electron chi connectivity index (χ0n) is 15.1. The molecular formula is C21H19N5O2. The summed E-state index contributed by atoms with van der Waals surface area (Å²) in [6.07, 6.45) is 7.93. The quantitative estimate of drug-likeness (QED) is 0.573. The van der Waals surface area contributed by atoms with Crippen LogP contribution in [0.5, 0.6) is 0 Å². The number of para-hydroxylation sites is 1. The number of imidazole rings is 1. The Hall–Kier alpha value is -3.32. The SMILES string of the molecule is O=C(N[C@H](c1cnc2ccccc2c1)C1CC(O)C1)c1cn2cccnc2n1. The maximum absolute atomic E-state index is 12.9. The topological polar surface area (TPSA) is 92.4 Å². The summed E-state index contributed by atoms with van der Waals surface area (Å²) < 4.78 is 1.72. The molecule has 1 fully saturated rings. The van der Waals surface area contributed by atoms with E-state index in [2.05, 4.69) is 26.3 Å². The van der Waals surface area contributed by atoms with E-state index in [1.807, 2.05) is 30.5 Å². The summed E-state index contributed by atoms with van der Waals surface area (Å²) in [6.45, 7) is 0. The second-order valence-corrected chi connectivity index (χ2v) is 7.25. The van der Waals surface area contributed by atoms with Gasteiger partial charge in [0.2, 0.25) is 5.78 Å². The van der Waals surface area contributed by atoms with Gasteiger partial charge in [-0.15, -0.1) is 0 Å². The van der Waals surface area contributed by atoms with Gasteiger partial charge in [0, 0.05) is 30.2 Å². The van der Waals surface area contributed by atoms with Gasteiger partial charge in [-0.2, -0.15) is 0 Å². The van der Waals surface area contributed by atoms with Crippen molar-refractivity contribution in [3.63, 3.8) is 0 Å². The van der Waals surface area contributed by atoms with Crippen molar-refractivity contribution < 1.29 is 9.90 Å². The Morgan fingerprint density at radius 1 is 1.21 bits per heavy atom. The molecule has 1 saturated carbocycles. The van der Waals surface area contributed by atoms with Crippen molar-refractivity contribution in [2.45, 2.75) is 25.0 Å². The highest BCUT2D eigenvalue weighted by atomic mass is 16.3. The highest BCUT2D eigenvalue weighted by molar-refractivity contribution is 5.93. The van der Waals surface area contributed by atoms with Gasteiger partial charge < -0.3 is 10.4 Å². The van der Waals surface area contributed by atoms with Crippen LogP contribution in [-0.2, 0) is 0 Å². The minimum Gasteiger partial charge on any atom is -0.393 e. The number of nitrogens with one attached hydrogen (secondary N) is 1. The number of hydrogen-bond acceptors (Lipinski definition) is 5. The first kappa shape index (κ1) is 16.8. The van der Waals surface area contributed by atoms with Crippen LogP contribution in [0.1, 0.15) is 34.9 Å². The molecule has 1 aliphatic rings. The van der Waals surface area contributed by atoms with E-state index < -0.39 is 0 Å². The molecule has 0 bridgehead atoms. The average Bonchev–Trinajstić information content (AvgIpc) is 3.14. The lowest BCUT2D eigenvalue weighted by Gasteiger charge is -2.38. The molecule has 5 rings (SSSR count). The van der Waals surface area contributed by atoms with Crippen LogP contribution in [0.4, 0.5) is 0 Å². The number of carbonyl (C=O) groups excluding carboxylic acids is 1. The van der Waals surface area contributed by atoms with Gasteiger partial charge >= 0.3 is 0 Å². The van der Waals surface area contributed by atoms with E-state index in [-0.39, 0.29) is 24.0 Å². The zero-order valence-corrected chi connectivity index (χ0v) is 15.1. The highest BCUT2D eigenvalue weighted by Crippen LogP contribution is 2.38. The first-order valence-electron chi connectivity index (χ1n) is 9.31. The fraction of sp³-hybridized carbons (Fsp3) is 0.238. The van der Waals surface area contributed by atoms with Crippen LogP contribution in [0.25, 0.3) is 16.7 Å². The van der Waals surface area contributed by atoms with Crippen LogP contribution in [0.3, 0.4) is 0 Å². The summed E-state index contributed by atoms with van der Waals surface area (Å²) in [6, 6.07) is 11.5. The molecule has 7 nitrogen and oxygen atoms in total. The molecule has 4 aromatic rings. The van der Waals surface area contributed by atoms with E-state index >= 15 is 0 Å². The Morgan fingerprint density at radius 2 is 2.07 bits per heavy atom. The number of fused-ring (bicyclic) bond motifs is 2. The molecule has 140 valence electrons. The second-order valence-electron chi connectivity index (χ2n) is 7.25. The summed E-state index contributed by atoms with van der Waals surface area (Å²) in [5.41, 5.74) is 2.17. The van der Waals surface area contributed by atoms with E-state index in [1.54, 1.807) is 29.1 Å². The number of hydrogen-bond donors (Lipinski definition) is 2. The Balaban J connectivity index is 1.46. The zero-order chi connectivity index (χ0) is 19.1. The van der Waals surface area contributed by atoms with E-state index in [0.29, 0.717) is 24.3 Å². The Labute approximate surface area is 161 Å². The van der Waals surface area contributed by atoms with E-state index in [9.17, 15) is 9.90 Å². The van der Waals surface area contributed by atoms with Gasteiger partial charge in [0.15, 0.2) is 0 Å². The number of carbonyl (C=O) groups is 1. The fourth-order valence-electron chi connectivity index (χ4n) is 3.79. The van der Waals surface area contributed by atoms with Crippen LogP contribution >= 0.6 is 0 Å². The number of nitrogens with zero attached hydrogens (tertiary/aromatic N) is 4. The maximum Gasteiger partial charge on any atom is 0.272 e. The Bertz CT molecular complexity index is 1130. The maximum atomic E-state index is 12.9. The number of rotatable bonds is 4. The minimum absolute atomic E-state index is 0.164. The van der Waals surface area contributed by atoms with Crippen molar-refractivity contribution in [3.8, 4) is 0 Å². The molecule has 1 atom stereocenters. The van der Waals surface area contributed by atoms with Crippen LogP contribution in [0.15, 0.2) is 61.2 Å². The molecule has 7 heteroatoms.